The number of benzene rings is 1. The molecule has 4 bridgehead atoms. The summed E-state index contributed by atoms with van der Waals surface area (Å²) in [6.07, 6.45) is 9.13. The van der Waals surface area contributed by atoms with E-state index in [1.165, 1.54) is 19.3 Å². The van der Waals surface area contributed by atoms with Crippen LogP contribution in [0.4, 0.5) is 0 Å². The van der Waals surface area contributed by atoms with Crippen LogP contribution in [0.5, 0.6) is 11.6 Å². The number of ether oxygens (including phenoxy) is 1. The van der Waals surface area contributed by atoms with Gasteiger partial charge in [0.15, 0.2) is 0 Å². The molecule has 4 aliphatic carbocycles. The molecule has 2 aromatic rings. The Morgan fingerprint density at radius 1 is 1.12 bits per heavy atom. The Kier molecular flexibility index (Phi) is 3.59. The molecular formula is C21H25N3O2. The number of carbonyl (C=O) groups excluding carboxylic acids is 1. The summed E-state index contributed by atoms with van der Waals surface area (Å²) in [6, 6.07) is 9.54. The molecule has 1 aromatic carbocycles. The molecule has 1 heterocycles. The van der Waals surface area contributed by atoms with Gasteiger partial charge in [-0.2, -0.15) is 5.10 Å². The van der Waals surface area contributed by atoms with Crippen LogP contribution in [0.2, 0.25) is 0 Å². The van der Waals surface area contributed by atoms with Crippen LogP contribution >= 0.6 is 0 Å². The molecule has 0 aliphatic heterocycles. The van der Waals surface area contributed by atoms with E-state index in [0.29, 0.717) is 17.2 Å². The highest BCUT2D eigenvalue weighted by atomic mass is 16.5. The maximum atomic E-state index is 13.1. The molecular weight excluding hydrogens is 326 g/mol. The minimum atomic E-state index is -0.0500. The van der Waals surface area contributed by atoms with E-state index < -0.39 is 0 Å². The second kappa shape index (κ2) is 5.86. The number of hydrogen-bond acceptors (Lipinski definition) is 3. The highest BCUT2D eigenvalue weighted by molar-refractivity contribution is 5.96. The smallest absolute Gasteiger partial charge is 0.258 e. The molecule has 5 nitrogen and oxygen atoms in total. The Morgan fingerprint density at radius 2 is 1.73 bits per heavy atom. The first-order valence-electron chi connectivity index (χ1n) is 9.68. The predicted molar refractivity (Wildman–Crippen MR) is 98.1 cm³/mol. The standard InChI is InChI=1S/C21H25N3O2/c1-24-20(26-17-5-3-2-4-6-17)18(13-22-24)19(25)23-21-10-14-7-15(11-21)9-16(8-14)12-21/h2-6,13-16H,7-12H2,1H3,(H,23,25). The van der Waals surface area contributed by atoms with Crippen LogP contribution in [0, 0.1) is 17.8 Å². The normalized spacial score (nSPS) is 31.8. The Labute approximate surface area is 153 Å². The number of amides is 1. The largest absolute Gasteiger partial charge is 0.438 e. The zero-order chi connectivity index (χ0) is 17.7. The molecule has 1 aromatic heterocycles. The Balaban J connectivity index is 1.38. The number of aromatic nitrogens is 2. The van der Waals surface area contributed by atoms with Gasteiger partial charge >= 0.3 is 0 Å². The van der Waals surface area contributed by atoms with Crippen molar-refractivity contribution in [3.63, 3.8) is 0 Å². The molecule has 4 saturated carbocycles. The number of nitrogens with one attached hydrogen (secondary N) is 1. The average Bonchev–Trinajstić information content (AvgIpc) is 2.95. The summed E-state index contributed by atoms with van der Waals surface area (Å²) in [5.74, 6) is 3.56. The fourth-order valence-corrected chi connectivity index (χ4v) is 5.88. The summed E-state index contributed by atoms with van der Waals surface area (Å²) in [5, 5.41) is 7.67. The first-order chi connectivity index (χ1) is 12.6. The highest BCUT2D eigenvalue weighted by Crippen LogP contribution is 2.55. The van der Waals surface area contributed by atoms with Gasteiger partial charge in [-0.25, -0.2) is 4.68 Å². The summed E-state index contributed by atoms with van der Waals surface area (Å²) in [5.41, 5.74) is 0.512. The molecule has 1 amide bonds. The average molecular weight is 351 g/mol. The van der Waals surface area contributed by atoms with E-state index in [0.717, 1.165) is 37.0 Å². The monoisotopic (exact) mass is 351 g/mol. The third kappa shape index (κ3) is 2.70. The van der Waals surface area contributed by atoms with Crippen molar-refractivity contribution in [3.8, 4) is 11.6 Å². The van der Waals surface area contributed by atoms with Gasteiger partial charge in [-0.3, -0.25) is 4.79 Å². The van der Waals surface area contributed by atoms with Crippen molar-refractivity contribution < 1.29 is 9.53 Å². The molecule has 1 N–H and O–H groups in total. The minimum absolute atomic E-state index is 0.00824. The summed E-state index contributed by atoms with van der Waals surface area (Å²) in [7, 11) is 1.81. The third-order valence-corrected chi connectivity index (χ3v) is 6.50. The van der Waals surface area contributed by atoms with E-state index in [1.54, 1.807) is 17.9 Å². The second-order valence-electron chi connectivity index (χ2n) is 8.55. The van der Waals surface area contributed by atoms with Crippen LogP contribution in [0.15, 0.2) is 36.5 Å². The maximum absolute atomic E-state index is 13.1. The number of aryl methyl sites for hydroxylation is 1. The van der Waals surface area contributed by atoms with Crippen molar-refractivity contribution in [2.45, 2.75) is 44.1 Å². The molecule has 0 saturated heterocycles. The van der Waals surface area contributed by atoms with Gasteiger partial charge in [-0.05, 0) is 68.4 Å². The molecule has 0 atom stereocenters. The zero-order valence-corrected chi connectivity index (χ0v) is 15.1. The van der Waals surface area contributed by atoms with E-state index in [-0.39, 0.29) is 11.4 Å². The van der Waals surface area contributed by atoms with E-state index in [9.17, 15) is 4.79 Å². The quantitative estimate of drug-likeness (QED) is 0.908. The Hall–Kier alpha value is -2.30. The lowest BCUT2D eigenvalue weighted by atomic mass is 9.53. The van der Waals surface area contributed by atoms with Crippen molar-refractivity contribution >= 4 is 5.91 Å². The molecule has 5 heteroatoms. The zero-order valence-electron chi connectivity index (χ0n) is 15.1. The molecule has 6 rings (SSSR count). The topological polar surface area (TPSA) is 56.2 Å². The van der Waals surface area contributed by atoms with Gasteiger partial charge in [0, 0.05) is 12.6 Å². The van der Waals surface area contributed by atoms with Crippen molar-refractivity contribution in [2.75, 3.05) is 0 Å². The SMILES string of the molecule is Cn1ncc(C(=O)NC23CC4CC(CC(C4)C2)C3)c1Oc1ccccc1. The van der Waals surface area contributed by atoms with Crippen LogP contribution in [-0.4, -0.2) is 21.2 Å². The Bertz CT molecular complexity index is 792. The summed E-state index contributed by atoms with van der Waals surface area (Å²) in [4.78, 5) is 13.1. The number of hydrogen-bond donors (Lipinski definition) is 1. The first kappa shape index (κ1) is 15.9. The second-order valence-corrected chi connectivity index (χ2v) is 8.55. The van der Waals surface area contributed by atoms with Crippen LogP contribution in [-0.2, 0) is 7.05 Å². The van der Waals surface area contributed by atoms with E-state index in [1.807, 2.05) is 30.3 Å². The number of para-hydroxylation sites is 1. The van der Waals surface area contributed by atoms with Crippen molar-refractivity contribution in [1.29, 1.82) is 0 Å². The van der Waals surface area contributed by atoms with Gasteiger partial charge in [0.2, 0.25) is 5.88 Å². The molecule has 0 spiro atoms. The lowest BCUT2D eigenvalue weighted by Crippen LogP contribution is -2.59. The fraction of sp³-hybridized carbons (Fsp3) is 0.524. The third-order valence-electron chi connectivity index (χ3n) is 6.50. The van der Waals surface area contributed by atoms with Gasteiger partial charge in [0.1, 0.15) is 11.3 Å². The lowest BCUT2D eigenvalue weighted by Gasteiger charge is -2.56. The van der Waals surface area contributed by atoms with Gasteiger partial charge in [-0.1, -0.05) is 18.2 Å². The van der Waals surface area contributed by atoms with Crippen molar-refractivity contribution in [2.24, 2.45) is 24.8 Å². The molecule has 136 valence electrons. The van der Waals surface area contributed by atoms with E-state index in [4.69, 9.17) is 4.74 Å². The van der Waals surface area contributed by atoms with E-state index >= 15 is 0 Å². The first-order valence-corrected chi connectivity index (χ1v) is 9.68. The molecule has 0 unspecified atom stereocenters. The van der Waals surface area contributed by atoms with Crippen LogP contribution in [0.3, 0.4) is 0 Å². The minimum Gasteiger partial charge on any atom is -0.438 e. The summed E-state index contributed by atoms with van der Waals surface area (Å²) in [6.45, 7) is 0. The number of rotatable bonds is 4. The predicted octanol–water partition coefficient (Wildman–Crippen LogP) is 3.91. The highest BCUT2D eigenvalue weighted by Gasteiger charge is 2.51. The lowest BCUT2D eigenvalue weighted by molar-refractivity contribution is -0.0167. The van der Waals surface area contributed by atoms with Crippen LogP contribution in [0.25, 0.3) is 0 Å². The fourth-order valence-electron chi connectivity index (χ4n) is 5.88. The molecule has 26 heavy (non-hydrogen) atoms. The van der Waals surface area contributed by atoms with Gasteiger partial charge in [0.05, 0.1) is 6.20 Å². The maximum Gasteiger partial charge on any atom is 0.258 e. The molecule has 0 radical (unpaired) electrons. The molecule has 4 fully saturated rings. The van der Waals surface area contributed by atoms with Crippen LogP contribution in [0.1, 0.15) is 48.9 Å². The Morgan fingerprint density at radius 3 is 2.35 bits per heavy atom. The summed E-state index contributed by atoms with van der Waals surface area (Å²) >= 11 is 0. The van der Waals surface area contributed by atoms with Crippen molar-refractivity contribution in [1.82, 2.24) is 15.1 Å². The summed E-state index contributed by atoms with van der Waals surface area (Å²) < 4.78 is 7.59. The van der Waals surface area contributed by atoms with E-state index in [2.05, 4.69) is 10.4 Å². The molecule has 4 aliphatic rings. The number of carbonyl (C=O) groups is 1. The van der Waals surface area contributed by atoms with Crippen LogP contribution < -0.4 is 10.1 Å². The number of nitrogens with zero attached hydrogens (tertiary/aromatic N) is 2. The van der Waals surface area contributed by atoms with Gasteiger partial charge < -0.3 is 10.1 Å². The van der Waals surface area contributed by atoms with Gasteiger partial charge in [-0.15, -0.1) is 0 Å². The van der Waals surface area contributed by atoms with Gasteiger partial charge in [0.25, 0.3) is 5.91 Å². The van der Waals surface area contributed by atoms with Crippen molar-refractivity contribution in [3.05, 3.63) is 42.1 Å².